The number of carboxylic acid groups (broad SMARTS) is 1. The topological polar surface area (TPSA) is 110 Å². The molecule has 0 radical (unpaired) electrons. The minimum Gasteiger partial charge on any atom is -0.479 e. The predicted octanol–water partition coefficient (Wildman–Crippen LogP) is -0.231. The molecule has 110 valence electrons. The molecule has 0 bridgehead atoms. The highest BCUT2D eigenvalue weighted by molar-refractivity contribution is 5.74. The average Bonchev–Trinajstić information content (AvgIpc) is 2.75. The van der Waals surface area contributed by atoms with Crippen LogP contribution in [-0.4, -0.2) is 64.1 Å². The van der Waals surface area contributed by atoms with Gasteiger partial charge in [0.05, 0.1) is 12.1 Å². The number of carbonyl (C=O) groups excluding carboxylic acids is 1. The van der Waals surface area contributed by atoms with Gasteiger partial charge in [0.1, 0.15) is 0 Å². The van der Waals surface area contributed by atoms with Crippen LogP contribution in [0, 0.1) is 0 Å². The molecular weight excluding hydrogens is 252 g/mol. The second-order valence-corrected chi connectivity index (χ2v) is 5.16. The molecule has 1 rings (SSSR count). The summed E-state index contributed by atoms with van der Waals surface area (Å²) in [6.45, 7) is 0.343. The zero-order valence-electron chi connectivity index (χ0n) is 11.1. The van der Waals surface area contributed by atoms with Crippen LogP contribution < -0.4 is 5.32 Å². The molecule has 0 heterocycles. The van der Waals surface area contributed by atoms with Crippen LogP contribution in [0.1, 0.15) is 32.1 Å². The number of aliphatic hydroxyl groups is 2. The number of amides is 2. The number of rotatable bonds is 6. The van der Waals surface area contributed by atoms with Gasteiger partial charge >= 0.3 is 12.0 Å². The molecule has 1 aliphatic rings. The molecule has 1 fully saturated rings. The van der Waals surface area contributed by atoms with Gasteiger partial charge in [-0.25, -0.2) is 9.59 Å². The van der Waals surface area contributed by atoms with Crippen molar-refractivity contribution in [1.82, 2.24) is 10.2 Å². The van der Waals surface area contributed by atoms with E-state index < -0.39 is 17.7 Å². The summed E-state index contributed by atoms with van der Waals surface area (Å²) in [5.74, 6) is -1.30. The first-order valence-corrected chi connectivity index (χ1v) is 6.46. The zero-order chi connectivity index (χ0) is 14.5. The van der Waals surface area contributed by atoms with E-state index in [9.17, 15) is 14.7 Å². The minimum atomic E-state index is -1.47. The van der Waals surface area contributed by atoms with Crippen molar-refractivity contribution in [2.24, 2.45) is 0 Å². The molecule has 0 aromatic rings. The number of hydrogen-bond donors (Lipinski definition) is 4. The van der Waals surface area contributed by atoms with Crippen molar-refractivity contribution in [2.45, 2.75) is 43.8 Å². The Morgan fingerprint density at radius 1 is 1.37 bits per heavy atom. The van der Waals surface area contributed by atoms with Crippen molar-refractivity contribution in [3.8, 4) is 0 Å². The molecule has 1 unspecified atom stereocenters. The second-order valence-electron chi connectivity index (χ2n) is 5.16. The van der Waals surface area contributed by atoms with E-state index in [0.717, 1.165) is 12.8 Å². The van der Waals surface area contributed by atoms with E-state index in [1.54, 1.807) is 7.05 Å². The molecule has 1 saturated carbocycles. The van der Waals surface area contributed by atoms with Crippen molar-refractivity contribution in [3.63, 3.8) is 0 Å². The van der Waals surface area contributed by atoms with Gasteiger partial charge in [-0.05, 0) is 12.8 Å². The Bertz CT molecular complexity index is 328. The standard InChI is InChI=1S/C12H22N2O5/c1-14(8-12(19)5-2-3-6-12)11(18)13-7-4-9(15)10(16)17/h9,15,19H,2-8H2,1H3,(H,13,18)(H,16,17). The summed E-state index contributed by atoms with van der Waals surface area (Å²) < 4.78 is 0. The highest BCUT2D eigenvalue weighted by Gasteiger charge is 2.33. The molecule has 7 nitrogen and oxygen atoms in total. The molecule has 1 atom stereocenters. The van der Waals surface area contributed by atoms with E-state index >= 15 is 0 Å². The highest BCUT2D eigenvalue weighted by Crippen LogP contribution is 2.29. The molecule has 0 saturated heterocycles. The van der Waals surface area contributed by atoms with Gasteiger partial charge in [0, 0.05) is 20.0 Å². The minimum absolute atomic E-state index is 0.0425. The van der Waals surface area contributed by atoms with Gasteiger partial charge in [0.15, 0.2) is 6.10 Å². The largest absolute Gasteiger partial charge is 0.479 e. The molecule has 7 heteroatoms. The third-order valence-corrected chi connectivity index (χ3v) is 3.39. The van der Waals surface area contributed by atoms with E-state index in [-0.39, 0.29) is 25.5 Å². The van der Waals surface area contributed by atoms with E-state index in [2.05, 4.69) is 5.32 Å². The lowest BCUT2D eigenvalue weighted by molar-refractivity contribution is -0.146. The van der Waals surface area contributed by atoms with E-state index in [0.29, 0.717) is 12.8 Å². The number of carboxylic acids is 1. The summed E-state index contributed by atoms with van der Waals surface area (Å²) >= 11 is 0. The summed E-state index contributed by atoms with van der Waals surface area (Å²) in [5.41, 5.74) is -0.799. The number of aliphatic carboxylic acids is 1. The Hall–Kier alpha value is -1.34. The molecule has 4 N–H and O–H groups in total. The van der Waals surface area contributed by atoms with Gasteiger partial charge in [-0.1, -0.05) is 12.8 Å². The first-order chi connectivity index (χ1) is 8.84. The molecule has 2 amide bonds. The fourth-order valence-electron chi connectivity index (χ4n) is 2.28. The first kappa shape index (κ1) is 15.7. The monoisotopic (exact) mass is 274 g/mol. The van der Waals surface area contributed by atoms with Gasteiger partial charge in [-0.3, -0.25) is 0 Å². The SMILES string of the molecule is CN(CC1(O)CCCC1)C(=O)NCCC(O)C(=O)O. The van der Waals surface area contributed by atoms with Gasteiger partial charge in [0.2, 0.25) is 0 Å². The second kappa shape index (κ2) is 6.72. The number of likely N-dealkylation sites (N-methyl/N-ethyl adjacent to an activating group) is 1. The number of urea groups is 1. The lowest BCUT2D eigenvalue weighted by Gasteiger charge is -2.28. The maximum atomic E-state index is 11.7. The van der Waals surface area contributed by atoms with Crippen molar-refractivity contribution in [1.29, 1.82) is 0 Å². The maximum absolute atomic E-state index is 11.7. The number of nitrogens with one attached hydrogen (secondary N) is 1. The van der Waals surface area contributed by atoms with E-state index in [1.807, 2.05) is 0 Å². The summed E-state index contributed by atoms with van der Waals surface area (Å²) in [4.78, 5) is 23.5. The van der Waals surface area contributed by atoms with E-state index in [1.165, 1.54) is 4.90 Å². The lowest BCUT2D eigenvalue weighted by Crippen LogP contribution is -2.46. The number of aliphatic hydroxyl groups excluding tert-OH is 1. The number of nitrogens with zero attached hydrogens (tertiary/aromatic N) is 1. The predicted molar refractivity (Wildman–Crippen MR) is 67.7 cm³/mol. The molecule has 1 aliphatic carbocycles. The zero-order valence-corrected chi connectivity index (χ0v) is 11.1. The van der Waals surface area contributed by atoms with Crippen LogP contribution in [0.2, 0.25) is 0 Å². The maximum Gasteiger partial charge on any atom is 0.332 e. The summed E-state index contributed by atoms with van der Waals surface area (Å²) in [6.07, 6.45) is 1.82. The number of carbonyl (C=O) groups is 2. The molecule has 0 aliphatic heterocycles. The quantitative estimate of drug-likeness (QED) is 0.535. The van der Waals surface area contributed by atoms with E-state index in [4.69, 9.17) is 10.2 Å². The van der Waals surface area contributed by atoms with Crippen molar-refractivity contribution >= 4 is 12.0 Å². The van der Waals surface area contributed by atoms with Crippen LogP contribution in [0.3, 0.4) is 0 Å². The smallest absolute Gasteiger partial charge is 0.332 e. The number of hydrogen-bond acceptors (Lipinski definition) is 4. The van der Waals surface area contributed by atoms with Crippen LogP contribution in [0.25, 0.3) is 0 Å². The Kier molecular flexibility index (Phi) is 5.56. The van der Waals surface area contributed by atoms with Gasteiger partial charge < -0.3 is 25.5 Å². The third-order valence-electron chi connectivity index (χ3n) is 3.39. The average molecular weight is 274 g/mol. The highest BCUT2D eigenvalue weighted by atomic mass is 16.4. The lowest BCUT2D eigenvalue weighted by atomic mass is 10.0. The summed E-state index contributed by atoms with van der Waals surface area (Å²) in [5, 5.41) is 30.2. The van der Waals surface area contributed by atoms with Gasteiger partial charge in [-0.2, -0.15) is 0 Å². The Balaban J connectivity index is 2.27. The Labute approximate surface area is 112 Å². The van der Waals surface area contributed by atoms with Crippen molar-refractivity contribution in [3.05, 3.63) is 0 Å². The van der Waals surface area contributed by atoms with Gasteiger partial charge in [-0.15, -0.1) is 0 Å². The summed E-state index contributed by atoms with van der Waals surface area (Å²) in [6, 6.07) is -0.377. The van der Waals surface area contributed by atoms with Crippen LogP contribution >= 0.6 is 0 Å². The first-order valence-electron chi connectivity index (χ1n) is 6.46. The Morgan fingerprint density at radius 2 is 1.95 bits per heavy atom. The van der Waals surface area contributed by atoms with Crippen LogP contribution in [0.15, 0.2) is 0 Å². The van der Waals surface area contributed by atoms with Crippen LogP contribution in [0.5, 0.6) is 0 Å². The molecule has 19 heavy (non-hydrogen) atoms. The van der Waals surface area contributed by atoms with Crippen LogP contribution in [0.4, 0.5) is 4.79 Å². The Morgan fingerprint density at radius 3 is 2.47 bits per heavy atom. The molecular formula is C12H22N2O5. The summed E-state index contributed by atoms with van der Waals surface area (Å²) in [7, 11) is 1.58. The fraction of sp³-hybridized carbons (Fsp3) is 0.833. The molecule has 0 aromatic carbocycles. The molecule has 0 spiro atoms. The fourth-order valence-corrected chi connectivity index (χ4v) is 2.28. The van der Waals surface area contributed by atoms with Crippen molar-refractivity contribution < 1.29 is 24.9 Å². The third kappa shape index (κ3) is 5.04. The normalized spacial score (nSPS) is 18.9. The van der Waals surface area contributed by atoms with Gasteiger partial charge in [0.25, 0.3) is 0 Å². The van der Waals surface area contributed by atoms with Crippen LogP contribution in [-0.2, 0) is 4.79 Å². The molecule has 0 aromatic heterocycles. The van der Waals surface area contributed by atoms with Crippen molar-refractivity contribution in [2.75, 3.05) is 20.1 Å².